The van der Waals surface area contributed by atoms with Gasteiger partial charge in [0, 0.05) is 19.6 Å². The molecule has 15 nitrogen and oxygen atoms in total. The Morgan fingerprint density at radius 2 is 0.636 bits per heavy atom. The number of nitrogens with zero attached hydrogens (tertiary/aromatic N) is 3. The Morgan fingerprint density at radius 1 is 0.485 bits per heavy atom. The topological polar surface area (TPSA) is 242 Å². The van der Waals surface area contributed by atoms with Crippen LogP contribution in [-0.2, 0) is 28.8 Å². The second kappa shape index (κ2) is 27.9. The van der Waals surface area contributed by atoms with Gasteiger partial charge in [-0.1, -0.05) is 0 Å². The van der Waals surface area contributed by atoms with Crippen LogP contribution in [0.2, 0.25) is 0 Å². The number of carboxylic acid groups (broad SMARTS) is 6. The summed E-state index contributed by atoms with van der Waals surface area (Å²) in [7, 11) is 4.18. The monoisotopic (exact) mass is 507 g/mol. The van der Waals surface area contributed by atoms with Crippen molar-refractivity contribution in [2.24, 2.45) is 0 Å². The summed E-state index contributed by atoms with van der Waals surface area (Å²) in [5, 5.41) is 54.0. The first kappa shape index (κ1) is 46.1. The molecule has 18 heteroatoms. The van der Waals surface area contributed by atoms with Gasteiger partial charge in [0.15, 0.2) is 0 Å². The van der Waals surface area contributed by atoms with Gasteiger partial charge in [0.05, 0.1) is 37.5 Å². The smallest absolute Gasteiger partial charge is 0.549 e. The summed E-state index contributed by atoms with van der Waals surface area (Å²) >= 11 is 0. The molecule has 174 valence electrons. The Bertz CT molecular complexity index is 481. The van der Waals surface area contributed by atoms with E-state index >= 15 is 0 Å². The molecule has 0 aliphatic rings. The Balaban J connectivity index is -0.0000000792. The maximum atomic E-state index is 9.94. The minimum absolute atomic E-state index is 0. The first-order chi connectivity index (χ1) is 13.6. The van der Waals surface area contributed by atoms with E-state index in [1.165, 1.54) is 21.1 Å². The predicted molar refractivity (Wildman–Crippen MR) is 90.4 cm³/mol. The first-order valence-electron chi connectivity index (χ1n) is 7.87. The number of hydrogen-bond acceptors (Lipinski definition) is 12. The van der Waals surface area contributed by atoms with E-state index in [9.17, 15) is 44.1 Å². The Labute approximate surface area is 256 Å². The number of carboxylic acids is 6. The van der Waals surface area contributed by atoms with E-state index in [-0.39, 0.29) is 128 Å². The Morgan fingerprint density at radius 3 is 0.727 bits per heavy atom. The van der Waals surface area contributed by atoms with Crippen molar-refractivity contribution in [3.63, 3.8) is 0 Å². The van der Waals surface area contributed by atoms with Crippen LogP contribution in [-0.4, -0.2) is 126 Å². The van der Waals surface area contributed by atoms with E-state index < -0.39 is 35.8 Å². The molecule has 0 unspecified atom stereocenters. The van der Waals surface area contributed by atoms with Gasteiger partial charge in [0.2, 0.25) is 0 Å². The van der Waals surface area contributed by atoms with Crippen LogP contribution in [0.15, 0.2) is 0 Å². The van der Waals surface area contributed by atoms with Crippen LogP contribution >= 0.6 is 0 Å². The zero-order valence-electron chi connectivity index (χ0n) is 19.6. The largest absolute Gasteiger partial charge is 1.00 e. The van der Waals surface area contributed by atoms with Gasteiger partial charge in [-0.2, -0.15) is 0 Å². The number of rotatable bonds is 12. The third-order valence-electron chi connectivity index (χ3n) is 2.41. The minimum atomic E-state index is -1.27. The van der Waals surface area contributed by atoms with E-state index in [0.29, 0.717) is 0 Å². The van der Waals surface area contributed by atoms with Crippen molar-refractivity contribution in [3.05, 3.63) is 0 Å². The van der Waals surface area contributed by atoms with Crippen molar-refractivity contribution in [2.45, 2.75) is 0 Å². The predicted octanol–water partition coefficient (Wildman–Crippen LogP) is -15.7. The fourth-order valence-corrected chi connectivity index (χ4v) is 1.52. The number of likely N-dealkylation sites (N-methyl/N-ethyl adjacent to an activating group) is 3. The molecular formula is C15H24N3Na3O12. The maximum Gasteiger partial charge on any atom is 1.00 e. The van der Waals surface area contributed by atoms with Gasteiger partial charge in [-0.15, -0.1) is 0 Å². The molecule has 0 saturated heterocycles. The quantitative estimate of drug-likeness (QED) is 0.208. The zero-order chi connectivity index (χ0) is 24.4. The van der Waals surface area contributed by atoms with Crippen LogP contribution in [0.3, 0.4) is 0 Å². The molecule has 0 aromatic carbocycles. The molecule has 0 saturated carbocycles. The average molecular weight is 507 g/mol. The second-order valence-electron chi connectivity index (χ2n) is 5.81. The third-order valence-corrected chi connectivity index (χ3v) is 2.41. The number of hydrogen-bond donors (Lipinski definition) is 3. The van der Waals surface area contributed by atoms with Crippen molar-refractivity contribution >= 4 is 35.8 Å². The van der Waals surface area contributed by atoms with E-state index in [1.807, 2.05) is 0 Å². The molecule has 3 N–H and O–H groups in total. The summed E-state index contributed by atoms with van der Waals surface area (Å²) in [6.07, 6.45) is 0. The van der Waals surface area contributed by atoms with Crippen LogP contribution in [0.4, 0.5) is 0 Å². The van der Waals surface area contributed by atoms with Crippen LogP contribution in [0.5, 0.6) is 0 Å². The molecule has 0 aromatic rings. The summed E-state index contributed by atoms with van der Waals surface area (Å²) < 4.78 is 0. The maximum absolute atomic E-state index is 9.94. The van der Waals surface area contributed by atoms with Gasteiger partial charge < -0.3 is 45.0 Å². The Hall–Kier alpha value is -0.300. The molecule has 0 aliphatic heterocycles. The summed E-state index contributed by atoms with van der Waals surface area (Å²) in [6, 6.07) is 0. The SMILES string of the molecule is CN(CC(=O)[O-])CC(=O)O.CN(CC(=O)[O-])CC(=O)O.CN(CC(=O)[O-])CC(=O)O.[Na+].[Na+].[Na+]. The van der Waals surface area contributed by atoms with E-state index in [0.717, 1.165) is 14.7 Å². The summed E-state index contributed by atoms with van der Waals surface area (Å²) in [4.78, 5) is 62.8. The fourth-order valence-electron chi connectivity index (χ4n) is 1.52. The molecule has 0 atom stereocenters. The van der Waals surface area contributed by atoms with Crippen molar-refractivity contribution in [2.75, 3.05) is 60.4 Å². The summed E-state index contributed by atoms with van der Waals surface area (Å²) in [5.41, 5.74) is 0. The van der Waals surface area contributed by atoms with E-state index in [2.05, 4.69) is 0 Å². The standard InChI is InChI=1S/3C5H9NO4.3Na/c3*1-6(2-4(7)8)3-5(9)10;;;/h3*2-3H2,1H3,(H,7,8)(H,9,10);;;/q;;;3*+1/p-3. The molecule has 33 heavy (non-hydrogen) atoms. The molecule has 0 aromatic heterocycles. The van der Waals surface area contributed by atoms with Crippen molar-refractivity contribution < 1.29 is 148 Å². The van der Waals surface area contributed by atoms with E-state index in [1.54, 1.807) is 0 Å². The van der Waals surface area contributed by atoms with Gasteiger partial charge in [0.1, 0.15) is 0 Å². The van der Waals surface area contributed by atoms with Crippen molar-refractivity contribution in [3.8, 4) is 0 Å². The number of aliphatic carboxylic acids is 6. The van der Waals surface area contributed by atoms with Crippen molar-refractivity contribution in [1.82, 2.24) is 14.7 Å². The van der Waals surface area contributed by atoms with Gasteiger partial charge in [0.25, 0.3) is 0 Å². The van der Waals surface area contributed by atoms with Crippen LogP contribution in [0, 0.1) is 0 Å². The number of carbonyl (C=O) groups is 6. The molecule has 0 aliphatic carbocycles. The average Bonchev–Trinajstić information content (AvgIpc) is 2.42. The van der Waals surface area contributed by atoms with E-state index in [4.69, 9.17) is 15.3 Å². The zero-order valence-corrected chi connectivity index (χ0v) is 25.6. The number of carbonyl (C=O) groups excluding carboxylic acids is 3. The molecule has 0 bridgehead atoms. The second-order valence-corrected chi connectivity index (χ2v) is 5.81. The molecule has 0 rings (SSSR count). The Kier molecular flexibility index (Phi) is 39.0. The molecule has 0 spiro atoms. The summed E-state index contributed by atoms with van der Waals surface area (Å²) in [5.74, 6) is -6.98. The van der Waals surface area contributed by atoms with Gasteiger partial charge in [-0.05, 0) is 21.1 Å². The van der Waals surface area contributed by atoms with Crippen molar-refractivity contribution in [1.29, 1.82) is 0 Å². The minimum Gasteiger partial charge on any atom is -0.549 e. The molecule has 0 amide bonds. The normalized spacial score (nSPS) is 8.91. The summed E-state index contributed by atoms with van der Waals surface area (Å²) in [6.45, 7) is -1.92. The fraction of sp³-hybridized carbons (Fsp3) is 0.600. The van der Waals surface area contributed by atoms with Crippen LogP contribution < -0.4 is 104 Å². The van der Waals surface area contributed by atoms with Gasteiger partial charge in [-0.25, -0.2) is 0 Å². The molecular weight excluding hydrogens is 483 g/mol. The molecule has 0 fully saturated rings. The van der Waals surface area contributed by atoms with Crippen LogP contribution in [0.1, 0.15) is 0 Å². The molecule has 0 radical (unpaired) electrons. The van der Waals surface area contributed by atoms with Gasteiger partial charge in [-0.3, -0.25) is 29.1 Å². The van der Waals surface area contributed by atoms with Crippen LogP contribution in [0.25, 0.3) is 0 Å². The van der Waals surface area contributed by atoms with Gasteiger partial charge >= 0.3 is 107 Å². The molecule has 0 heterocycles. The third kappa shape index (κ3) is 49.8. The first-order valence-corrected chi connectivity index (χ1v) is 7.87.